The van der Waals surface area contributed by atoms with Gasteiger partial charge in [-0.05, 0) is 45.6 Å². The highest BCUT2D eigenvalue weighted by molar-refractivity contribution is 8.02. The van der Waals surface area contributed by atoms with Crippen molar-refractivity contribution in [1.29, 1.82) is 0 Å². The molecule has 7 nitrogen and oxygen atoms in total. The lowest BCUT2D eigenvalue weighted by molar-refractivity contribution is -0.149. The van der Waals surface area contributed by atoms with E-state index in [2.05, 4.69) is 26.0 Å². The maximum Gasteiger partial charge on any atom is 0.247 e. The minimum Gasteiger partial charge on any atom is -0.394 e. The van der Waals surface area contributed by atoms with Gasteiger partial charge in [-0.1, -0.05) is 68.5 Å². The summed E-state index contributed by atoms with van der Waals surface area (Å²) in [4.78, 5) is 49.0. The molecule has 4 heterocycles. The van der Waals surface area contributed by atoms with Gasteiger partial charge in [-0.2, -0.15) is 0 Å². The first-order valence-corrected chi connectivity index (χ1v) is 15.3. The zero-order chi connectivity index (χ0) is 29.0. The van der Waals surface area contributed by atoms with Crippen molar-refractivity contribution in [1.82, 2.24) is 14.7 Å². The molecule has 0 saturated carbocycles. The van der Waals surface area contributed by atoms with Crippen LogP contribution < -0.4 is 0 Å². The molecule has 5 rings (SSSR count). The van der Waals surface area contributed by atoms with Crippen LogP contribution in [0.4, 0.5) is 0 Å². The Morgan fingerprint density at radius 3 is 2.27 bits per heavy atom. The Bertz CT molecular complexity index is 1220. The quantitative estimate of drug-likeness (QED) is 0.530. The van der Waals surface area contributed by atoms with Gasteiger partial charge in [-0.25, -0.2) is 0 Å². The Hall–Kier alpha value is -2.58. The molecule has 0 aromatic heterocycles. The Morgan fingerprint density at radius 1 is 0.975 bits per heavy atom. The summed E-state index contributed by atoms with van der Waals surface area (Å²) in [6.07, 6.45) is 8.79. The van der Waals surface area contributed by atoms with Gasteiger partial charge >= 0.3 is 0 Å². The van der Waals surface area contributed by atoms with Crippen molar-refractivity contribution in [2.45, 2.75) is 81.6 Å². The van der Waals surface area contributed by atoms with E-state index in [0.717, 1.165) is 5.56 Å². The molecule has 1 unspecified atom stereocenters. The molecule has 0 aliphatic carbocycles. The number of likely N-dealkylation sites (tertiary alicyclic amines) is 1. The van der Waals surface area contributed by atoms with Crippen molar-refractivity contribution in [2.75, 3.05) is 19.7 Å². The third-order valence-electron chi connectivity index (χ3n) is 8.95. The molecule has 0 bridgehead atoms. The molecule has 6 atom stereocenters. The van der Waals surface area contributed by atoms with Crippen LogP contribution in [0, 0.1) is 17.8 Å². The lowest BCUT2D eigenvalue weighted by Gasteiger charge is -2.43. The molecule has 1 aromatic rings. The summed E-state index contributed by atoms with van der Waals surface area (Å²) in [5.41, 5.74) is 0.583. The average molecular weight is 566 g/mol. The number of hydrogen-bond donors (Lipinski definition) is 1. The Kier molecular flexibility index (Phi) is 7.49. The minimum absolute atomic E-state index is 0.0538. The minimum atomic E-state index is -0.909. The molecular weight excluding hydrogens is 522 g/mol. The maximum absolute atomic E-state index is 14.7. The molecule has 3 amide bonds. The molecule has 2 saturated heterocycles. The first-order chi connectivity index (χ1) is 18.8. The second-order valence-corrected chi connectivity index (χ2v) is 15.1. The summed E-state index contributed by atoms with van der Waals surface area (Å²) in [6.45, 7) is 13.3. The van der Waals surface area contributed by atoms with Gasteiger partial charge in [0.05, 0.1) is 29.2 Å². The van der Waals surface area contributed by atoms with E-state index in [1.165, 1.54) is 0 Å². The Balaban J connectivity index is 1.63. The predicted molar refractivity (Wildman–Crippen MR) is 158 cm³/mol. The highest BCUT2D eigenvalue weighted by atomic mass is 32.2. The maximum atomic E-state index is 14.7. The van der Waals surface area contributed by atoms with Crippen LogP contribution in [0.2, 0.25) is 0 Å². The van der Waals surface area contributed by atoms with Crippen LogP contribution in [-0.4, -0.2) is 84.3 Å². The fourth-order valence-electron chi connectivity index (χ4n) is 7.27. The second kappa shape index (κ2) is 10.4. The normalized spacial score (nSPS) is 32.8. The van der Waals surface area contributed by atoms with Gasteiger partial charge in [0.2, 0.25) is 17.7 Å². The predicted octanol–water partition coefficient (Wildman–Crippen LogP) is 3.88. The Morgan fingerprint density at radius 2 is 1.65 bits per heavy atom. The van der Waals surface area contributed by atoms with Crippen molar-refractivity contribution in [3.63, 3.8) is 0 Å². The number of carbonyl (C=O) groups is 3. The van der Waals surface area contributed by atoms with Crippen LogP contribution in [0.3, 0.4) is 0 Å². The summed E-state index contributed by atoms with van der Waals surface area (Å²) in [6, 6.07) is 8.61. The number of hydrogen-bond acceptors (Lipinski definition) is 5. The van der Waals surface area contributed by atoms with Crippen LogP contribution in [0.1, 0.15) is 53.5 Å². The molecular formula is C32H43N3O4S. The lowest BCUT2D eigenvalue weighted by Crippen LogP contribution is -2.59. The van der Waals surface area contributed by atoms with Gasteiger partial charge in [0.1, 0.15) is 6.04 Å². The van der Waals surface area contributed by atoms with E-state index in [9.17, 15) is 19.5 Å². The van der Waals surface area contributed by atoms with E-state index >= 15 is 0 Å². The van der Waals surface area contributed by atoms with Gasteiger partial charge in [0.15, 0.2) is 0 Å². The fraction of sp³-hybridized carbons (Fsp3) is 0.594. The SMILES string of the molecule is CC(C)C[C@H](CO)N1C(=O)[C@@H]2[C@@H]3C(=O)N(Cc4ccccc4)CC=C[C@]3(C)S[C@@]23C=CCN(C(C)(C)C)C(=O)C13. The standard InChI is InChI=1S/C32H43N3O4S/c1-21(2)18-23(20-36)35-26-29(39)34(30(3,4)5)17-11-15-32(26)25(28(35)38)24-27(37)33(16-10-14-31(24,6)40-32)19-22-12-8-7-9-13-22/h7-15,21,23-26,36H,16-20H2,1-6H3/t23-,24-,25+,26?,31+,32+/m1/s1. The third kappa shape index (κ3) is 4.61. The monoisotopic (exact) mass is 565 g/mol. The van der Waals surface area contributed by atoms with Gasteiger partial charge in [-0.15, -0.1) is 11.8 Å². The van der Waals surface area contributed by atoms with Crippen molar-refractivity contribution in [3.8, 4) is 0 Å². The summed E-state index contributed by atoms with van der Waals surface area (Å²) in [5, 5.41) is 10.5. The molecule has 1 N–H and O–H groups in total. The number of aliphatic hydroxyl groups is 1. The number of carbonyl (C=O) groups excluding carboxylic acids is 3. The van der Waals surface area contributed by atoms with Crippen molar-refractivity contribution in [3.05, 3.63) is 60.2 Å². The number of rotatable bonds is 6. The highest BCUT2D eigenvalue weighted by Gasteiger charge is 2.74. The first-order valence-electron chi connectivity index (χ1n) is 14.5. The molecule has 4 aliphatic rings. The molecule has 4 aliphatic heterocycles. The third-order valence-corrected chi connectivity index (χ3v) is 10.7. The van der Waals surface area contributed by atoms with Gasteiger partial charge in [0.25, 0.3) is 0 Å². The molecule has 40 heavy (non-hydrogen) atoms. The zero-order valence-electron chi connectivity index (χ0n) is 24.5. The number of nitrogens with zero attached hydrogens (tertiary/aromatic N) is 3. The van der Waals surface area contributed by atoms with E-state index < -0.39 is 39.0 Å². The zero-order valence-corrected chi connectivity index (χ0v) is 25.4. The average Bonchev–Trinajstić information content (AvgIpc) is 3.15. The largest absolute Gasteiger partial charge is 0.394 e. The van der Waals surface area contributed by atoms with Crippen LogP contribution in [-0.2, 0) is 20.9 Å². The molecule has 1 spiro atoms. The number of benzene rings is 1. The molecule has 1 aromatic carbocycles. The van der Waals surface area contributed by atoms with E-state index in [-0.39, 0.29) is 30.2 Å². The van der Waals surface area contributed by atoms with Crippen LogP contribution in [0.25, 0.3) is 0 Å². The number of aliphatic hydroxyl groups excluding tert-OH is 1. The summed E-state index contributed by atoms with van der Waals surface area (Å²) in [5.74, 6) is -1.47. The summed E-state index contributed by atoms with van der Waals surface area (Å²) in [7, 11) is 0. The van der Waals surface area contributed by atoms with E-state index in [1.807, 2.05) is 80.0 Å². The summed E-state index contributed by atoms with van der Waals surface area (Å²) >= 11 is 1.60. The molecule has 216 valence electrons. The van der Waals surface area contributed by atoms with Crippen molar-refractivity contribution in [2.24, 2.45) is 17.8 Å². The molecule has 2 fully saturated rings. The van der Waals surface area contributed by atoms with E-state index in [4.69, 9.17) is 0 Å². The number of thioether (sulfide) groups is 1. The first kappa shape index (κ1) is 28.9. The fourth-order valence-corrected chi connectivity index (χ4v) is 9.42. The number of amides is 3. The molecule has 8 heteroatoms. The van der Waals surface area contributed by atoms with Crippen molar-refractivity contribution >= 4 is 29.5 Å². The molecule has 0 radical (unpaired) electrons. The van der Waals surface area contributed by atoms with E-state index in [1.54, 1.807) is 16.7 Å². The highest BCUT2D eigenvalue weighted by Crippen LogP contribution is 2.66. The van der Waals surface area contributed by atoms with Gasteiger partial charge in [0, 0.05) is 29.9 Å². The van der Waals surface area contributed by atoms with Crippen molar-refractivity contribution < 1.29 is 19.5 Å². The van der Waals surface area contributed by atoms with Gasteiger partial charge < -0.3 is 19.8 Å². The van der Waals surface area contributed by atoms with Crippen LogP contribution in [0.5, 0.6) is 0 Å². The van der Waals surface area contributed by atoms with Crippen LogP contribution >= 0.6 is 11.8 Å². The second-order valence-electron chi connectivity index (χ2n) is 13.3. The van der Waals surface area contributed by atoms with Gasteiger partial charge in [-0.3, -0.25) is 14.4 Å². The number of fused-ring (bicyclic) bond motifs is 2. The topological polar surface area (TPSA) is 81.2 Å². The van der Waals surface area contributed by atoms with Crippen LogP contribution in [0.15, 0.2) is 54.6 Å². The Labute approximate surface area is 242 Å². The van der Waals surface area contributed by atoms with E-state index in [0.29, 0.717) is 26.1 Å². The summed E-state index contributed by atoms with van der Waals surface area (Å²) < 4.78 is -1.56. The smallest absolute Gasteiger partial charge is 0.247 e. The lowest BCUT2D eigenvalue weighted by atomic mass is 9.74.